The van der Waals surface area contributed by atoms with Crippen molar-refractivity contribution in [1.29, 1.82) is 0 Å². The fourth-order valence-corrected chi connectivity index (χ4v) is 4.94. The largest absolute Gasteiger partial charge is 0.390 e. The molecule has 1 aromatic heterocycles. The minimum atomic E-state index is -0.671. The summed E-state index contributed by atoms with van der Waals surface area (Å²) in [5, 5.41) is 11.1. The van der Waals surface area contributed by atoms with Crippen LogP contribution in [0.1, 0.15) is 46.5 Å². The minimum Gasteiger partial charge on any atom is -0.390 e. The summed E-state index contributed by atoms with van der Waals surface area (Å²) in [5.74, 6) is 0.643. The molecule has 1 unspecified atom stereocenters. The molecule has 4 rings (SSSR count). The normalized spacial score (nSPS) is 15.2. The Morgan fingerprint density at radius 3 is 2.47 bits per heavy atom. The third-order valence-corrected chi connectivity index (χ3v) is 7.09. The van der Waals surface area contributed by atoms with Crippen molar-refractivity contribution in [3.05, 3.63) is 76.9 Å². The van der Waals surface area contributed by atoms with Gasteiger partial charge in [-0.05, 0) is 56.5 Å². The molecular formula is C29H39N5O2. The molecule has 1 amide bonds. The minimum absolute atomic E-state index is 0.184. The number of carbonyl (C=O) groups excluding carboxylic acids is 1. The van der Waals surface area contributed by atoms with Gasteiger partial charge in [0.05, 0.1) is 12.6 Å². The number of rotatable bonds is 9. The number of aromatic amines is 1. The van der Waals surface area contributed by atoms with Gasteiger partial charge in [0.2, 0.25) is 0 Å². The average molecular weight is 490 g/mol. The van der Waals surface area contributed by atoms with Crippen molar-refractivity contribution in [1.82, 2.24) is 14.9 Å². The molecule has 0 radical (unpaired) electrons. The number of aliphatic hydroxyl groups is 1. The molecule has 1 aliphatic rings. The molecule has 1 fully saturated rings. The number of hydrogen-bond donors (Lipinski definition) is 2. The lowest BCUT2D eigenvalue weighted by molar-refractivity contribution is 0.0908. The summed E-state index contributed by atoms with van der Waals surface area (Å²) < 4.78 is 0. The molecule has 2 aromatic carbocycles. The molecule has 1 saturated heterocycles. The Hall–Kier alpha value is -3.16. The Balaban J connectivity index is 1.41. The van der Waals surface area contributed by atoms with E-state index in [1.54, 1.807) is 4.90 Å². The number of para-hydroxylation sites is 1. The lowest BCUT2D eigenvalue weighted by atomic mass is 10.1. The first-order valence-corrected chi connectivity index (χ1v) is 13.0. The highest BCUT2D eigenvalue weighted by atomic mass is 16.3. The molecule has 1 aliphatic heterocycles. The number of aliphatic hydroxyl groups excluding tert-OH is 1. The number of H-pyrrole nitrogens is 1. The van der Waals surface area contributed by atoms with Crippen LogP contribution in [-0.2, 0) is 6.42 Å². The van der Waals surface area contributed by atoms with Crippen molar-refractivity contribution in [2.24, 2.45) is 0 Å². The van der Waals surface area contributed by atoms with Crippen molar-refractivity contribution < 1.29 is 9.90 Å². The third-order valence-electron chi connectivity index (χ3n) is 7.09. The van der Waals surface area contributed by atoms with Gasteiger partial charge in [-0.15, -0.1) is 0 Å². The van der Waals surface area contributed by atoms with E-state index in [9.17, 15) is 9.90 Å². The van der Waals surface area contributed by atoms with E-state index >= 15 is 0 Å². The number of hydrogen-bond acceptors (Lipinski definition) is 5. The molecule has 3 aromatic rings. The van der Waals surface area contributed by atoms with Gasteiger partial charge in [0.25, 0.3) is 5.91 Å². The summed E-state index contributed by atoms with van der Waals surface area (Å²) in [6, 6.07) is 16.0. The van der Waals surface area contributed by atoms with Gasteiger partial charge in [0.1, 0.15) is 11.5 Å². The number of aryl methyl sites for hydroxylation is 3. The molecule has 192 valence electrons. The zero-order chi connectivity index (χ0) is 25.7. The highest BCUT2D eigenvalue weighted by molar-refractivity contribution is 6.05. The van der Waals surface area contributed by atoms with E-state index in [4.69, 9.17) is 0 Å². The average Bonchev–Trinajstić information content (AvgIpc) is 3.25. The van der Waals surface area contributed by atoms with Crippen molar-refractivity contribution >= 4 is 17.3 Å². The van der Waals surface area contributed by atoms with Crippen LogP contribution in [0.2, 0.25) is 0 Å². The van der Waals surface area contributed by atoms with Crippen LogP contribution in [0.4, 0.5) is 11.4 Å². The molecular weight excluding hydrogens is 450 g/mol. The van der Waals surface area contributed by atoms with E-state index in [1.807, 2.05) is 37.3 Å². The molecule has 1 atom stereocenters. The summed E-state index contributed by atoms with van der Waals surface area (Å²) in [5.41, 5.74) is 5.90. The molecule has 0 spiro atoms. The molecule has 7 heteroatoms. The first kappa shape index (κ1) is 25.9. The number of nitrogens with one attached hydrogen (secondary N) is 1. The van der Waals surface area contributed by atoms with Crippen molar-refractivity contribution in [2.75, 3.05) is 49.1 Å². The van der Waals surface area contributed by atoms with Crippen LogP contribution < -0.4 is 9.80 Å². The maximum Gasteiger partial charge on any atom is 0.278 e. The quantitative estimate of drug-likeness (QED) is 0.473. The Labute approximate surface area is 214 Å². The number of imidazole rings is 1. The molecule has 0 aliphatic carbocycles. The van der Waals surface area contributed by atoms with Crippen molar-refractivity contribution in [3.8, 4) is 0 Å². The van der Waals surface area contributed by atoms with Crippen LogP contribution in [-0.4, -0.2) is 71.3 Å². The molecule has 0 bridgehead atoms. The second-order valence-electron chi connectivity index (χ2n) is 9.82. The van der Waals surface area contributed by atoms with Gasteiger partial charge in [-0.2, -0.15) is 0 Å². The van der Waals surface area contributed by atoms with Crippen LogP contribution in [0.15, 0.2) is 48.5 Å². The first-order valence-electron chi connectivity index (χ1n) is 13.0. The number of aromatic nitrogens is 2. The van der Waals surface area contributed by atoms with E-state index in [0.29, 0.717) is 12.2 Å². The number of carbonyl (C=O) groups is 1. The predicted molar refractivity (Wildman–Crippen MR) is 146 cm³/mol. The maximum absolute atomic E-state index is 13.6. The van der Waals surface area contributed by atoms with Gasteiger partial charge >= 0.3 is 0 Å². The number of β-amino-alcohol motifs (C(OH)–C–C–N with tert-alkyl or cyclic N) is 1. The van der Waals surface area contributed by atoms with E-state index in [1.165, 1.54) is 16.8 Å². The molecule has 36 heavy (non-hydrogen) atoms. The van der Waals surface area contributed by atoms with Crippen LogP contribution in [0.25, 0.3) is 0 Å². The topological polar surface area (TPSA) is 75.7 Å². The summed E-state index contributed by atoms with van der Waals surface area (Å²) in [7, 11) is 0. The van der Waals surface area contributed by atoms with Gasteiger partial charge < -0.3 is 19.9 Å². The van der Waals surface area contributed by atoms with Gasteiger partial charge in [0, 0.05) is 56.2 Å². The van der Waals surface area contributed by atoms with Crippen LogP contribution in [0.5, 0.6) is 0 Å². The summed E-state index contributed by atoms with van der Waals surface area (Å²) in [6.45, 7) is 12.7. The lowest BCUT2D eigenvalue weighted by Gasteiger charge is -2.38. The van der Waals surface area contributed by atoms with E-state index in [0.717, 1.165) is 56.2 Å². The van der Waals surface area contributed by atoms with Crippen LogP contribution >= 0.6 is 0 Å². The summed E-state index contributed by atoms with van der Waals surface area (Å²) >= 11 is 0. The van der Waals surface area contributed by atoms with Gasteiger partial charge in [-0.3, -0.25) is 9.69 Å². The summed E-state index contributed by atoms with van der Waals surface area (Å²) in [4.78, 5) is 27.8. The second-order valence-corrected chi connectivity index (χ2v) is 9.82. The number of benzene rings is 2. The Morgan fingerprint density at radius 1 is 1.06 bits per heavy atom. The standard InChI is InChI=1S/C29H39N5O2/c1-5-10-27-30-23(4)28(31-27)29(36)34(24-12-7-6-8-13-24)20-25(35)19-32-15-17-33(18-16-32)26-14-9-11-21(2)22(26)3/h6-9,11-14,25,35H,5,10,15-20H2,1-4H3,(H,30,31). The third kappa shape index (κ3) is 5.97. The second kappa shape index (κ2) is 11.7. The maximum atomic E-state index is 13.6. The van der Waals surface area contributed by atoms with Crippen molar-refractivity contribution in [3.63, 3.8) is 0 Å². The Bertz CT molecular complexity index is 1150. The zero-order valence-electron chi connectivity index (χ0n) is 22.0. The number of nitrogens with zero attached hydrogens (tertiary/aromatic N) is 4. The first-order chi connectivity index (χ1) is 17.4. The van der Waals surface area contributed by atoms with Crippen LogP contribution in [0, 0.1) is 20.8 Å². The van der Waals surface area contributed by atoms with Gasteiger partial charge in [0.15, 0.2) is 0 Å². The molecule has 2 heterocycles. The van der Waals surface area contributed by atoms with Crippen LogP contribution in [0.3, 0.4) is 0 Å². The predicted octanol–water partition coefficient (Wildman–Crippen LogP) is 4.12. The molecule has 7 nitrogen and oxygen atoms in total. The number of anilines is 2. The zero-order valence-corrected chi connectivity index (χ0v) is 22.0. The molecule has 2 N–H and O–H groups in total. The van der Waals surface area contributed by atoms with Gasteiger partial charge in [-0.25, -0.2) is 4.98 Å². The Kier molecular flexibility index (Phi) is 8.44. The highest BCUT2D eigenvalue weighted by Gasteiger charge is 2.27. The smallest absolute Gasteiger partial charge is 0.278 e. The van der Waals surface area contributed by atoms with E-state index in [-0.39, 0.29) is 12.5 Å². The fraction of sp³-hybridized carbons (Fsp3) is 0.448. The van der Waals surface area contributed by atoms with Gasteiger partial charge in [-0.1, -0.05) is 37.3 Å². The SMILES string of the molecule is CCCc1nc(C(=O)N(CC(O)CN2CCN(c3cccc(C)c3C)CC2)c2ccccc2)c(C)[nH]1. The van der Waals surface area contributed by atoms with E-state index < -0.39 is 6.10 Å². The fourth-order valence-electron chi connectivity index (χ4n) is 4.94. The number of piperazine rings is 1. The van der Waals surface area contributed by atoms with E-state index in [2.05, 4.69) is 58.7 Å². The summed E-state index contributed by atoms with van der Waals surface area (Å²) in [6.07, 6.45) is 1.09. The Morgan fingerprint density at radius 2 is 1.78 bits per heavy atom. The number of amides is 1. The highest BCUT2D eigenvalue weighted by Crippen LogP contribution is 2.24. The molecule has 0 saturated carbocycles. The monoisotopic (exact) mass is 489 g/mol. The lowest BCUT2D eigenvalue weighted by Crippen LogP contribution is -2.50. The van der Waals surface area contributed by atoms with Crippen molar-refractivity contribution in [2.45, 2.75) is 46.6 Å².